The summed E-state index contributed by atoms with van der Waals surface area (Å²) in [6, 6.07) is 17.9. The Labute approximate surface area is 140 Å². The maximum Gasteiger partial charge on any atom is 0.206 e. The van der Waals surface area contributed by atoms with Crippen LogP contribution < -0.4 is 4.90 Å². The van der Waals surface area contributed by atoms with E-state index in [9.17, 15) is 5.11 Å². The number of para-hydroxylation sites is 2. The van der Waals surface area contributed by atoms with Gasteiger partial charge in [0.1, 0.15) is 0 Å². The van der Waals surface area contributed by atoms with Crippen LogP contribution in [-0.4, -0.2) is 33.9 Å². The van der Waals surface area contributed by atoms with Crippen molar-refractivity contribution in [3.8, 4) is 6.07 Å². The van der Waals surface area contributed by atoms with Crippen LogP contribution in [0.4, 0.5) is 5.95 Å². The van der Waals surface area contributed by atoms with Crippen molar-refractivity contribution in [2.24, 2.45) is 0 Å². The van der Waals surface area contributed by atoms with E-state index in [1.165, 1.54) is 0 Å². The van der Waals surface area contributed by atoms with Crippen molar-refractivity contribution in [3.05, 3.63) is 59.7 Å². The van der Waals surface area contributed by atoms with E-state index in [2.05, 4.69) is 21.6 Å². The van der Waals surface area contributed by atoms with Crippen LogP contribution in [0, 0.1) is 11.3 Å². The second-order valence-electron chi connectivity index (χ2n) is 6.18. The third kappa shape index (κ3) is 2.61. The molecule has 1 aromatic heterocycles. The average molecular weight is 318 g/mol. The zero-order chi connectivity index (χ0) is 16.5. The van der Waals surface area contributed by atoms with E-state index >= 15 is 0 Å². The van der Waals surface area contributed by atoms with Gasteiger partial charge >= 0.3 is 0 Å². The van der Waals surface area contributed by atoms with Crippen molar-refractivity contribution in [1.82, 2.24) is 9.55 Å². The van der Waals surface area contributed by atoms with Gasteiger partial charge in [-0.2, -0.15) is 5.26 Å². The van der Waals surface area contributed by atoms with Crippen molar-refractivity contribution >= 4 is 17.0 Å². The summed E-state index contributed by atoms with van der Waals surface area (Å²) in [6.07, 6.45) is 0.494. The van der Waals surface area contributed by atoms with E-state index in [1.54, 1.807) is 0 Å². The summed E-state index contributed by atoms with van der Waals surface area (Å²) in [6.45, 7) is 2.13. The molecular formula is C19H18N4O. The molecule has 0 saturated carbocycles. The fourth-order valence-electron chi connectivity index (χ4n) is 3.25. The second-order valence-corrected chi connectivity index (χ2v) is 6.18. The molecule has 0 amide bonds. The number of benzene rings is 2. The normalized spacial score (nSPS) is 17.3. The van der Waals surface area contributed by atoms with E-state index in [-0.39, 0.29) is 6.10 Å². The largest absolute Gasteiger partial charge is 0.391 e. The molecule has 1 aliphatic heterocycles. The summed E-state index contributed by atoms with van der Waals surface area (Å²) in [5, 5.41) is 18.8. The molecule has 1 atom stereocenters. The summed E-state index contributed by atoms with van der Waals surface area (Å²) in [5.74, 6) is 0.900. The summed E-state index contributed by atoms with van der Waals surface area (Å²) in [7, 11) is 0. The number of rotatable bonds is 3. The number of aliphatic hydroxyl groups is 1. The standard InChI is InChI=1S/C19H18N4O/c20-11-14-5-7-15(8-6-14)12-23-18-4-2-1-3-17(18)21-19(23)22-10-9-16(24)13-22/h1-8,16,24H,9-10,12-13H2/t16-/m1/s1. The van der Waals surface area contributed by atoms with Gasteiger partial charge in [0.25, 0.3) is 0 Å². The fourth-order valence-corrected chi connectivity index (χ4v) is 3.25. The number of aromatic nitrogens is 2. The molecule has 1 saturated heterocycles. The van der Waals surface area contributed by atoms with Crippen LogP contribution in [0.3, 0.4) is 0 Å². The van der Waals surface area contributed by atoms with Crippen LogP contribution in [0.15, 0.2) is 48.5 Å². The molecule has 1 N–H and O–H groups in total. The lowest BCUT2D eigenvalue weighted by Gasteiger charge is -2.19. The van der Waals surface area contributed by atoms with Gasteiger partial charge in [-0.3, -0.25) is 0 Å². The molecule has 0 aliphatic carbocycles. The highest BCUT2D eigenvalue weighted by atomic mass is 16.3. The molecule has 1 fully saturated rings. The van der Waals surface area contributed by atoms with Crippen molar-refractivity contribution in [3.63, 3.8) is 0 Å². The van der Waals surface area contributed by atoms with E-state index in [0.717, 1.165) is 35.5 Å². The number of β-amino-alcohol motifs (C(OH)–C–C–N with tert-alkyl or cyclic N) is 1. The highest BCUT2D eigenvalue weighted by molar-refractivity contribution is 5.79. The molecule has 5 nitrogen and oxygen atoms in total. The lowest BCUT2D eigenvalue weighted by Crippen LogP contribution is -2.25. The molecule has 0 bridgehead atoms. The molecule has 5 heteroatoms. The second kappa shape index (κ2) is 5.99. The Balaban J connectivity index is 1.75. The number of aliphatic hydroxyl groups excluding tert-OH is 1. The SMILES string of the molecule is N#Cc1ccc(Cn2c(N3CC[C@@H](O)C3)nc3ccccc32)cc1. The highest BCUT2D eigenvalue weighted by Crippen LogP contribution is 2.26. The van der Waals surface area contributed by atoms with Gasteiger partial charge in [0.2, 0.25) is 5.95 Å². The minimum absolute atomic E-state index is 0.284. The molecule has 1 aliphatic rings. The third-order valence-corrected chi connectivity index (χ3v) is 4.50. The smallest absolute Gasteiger partial charge is 0.206 e. The first-order valence-corrected chi connectivity index (χ1v) is 8.12. The molecule has 24 heavy (non-hydrogen) atoms. The van der Waals surface area contributed by atoms with Gasteiger partial charge < -0.3 is 14.6 Å². The fraction of sp³-hybridized carbons (Fsp3) is 0.263. The molecule has 0 spiro atoms. The number of hydrogen-bond donors (Lipinski definition) is 1. The van der Waals surface area contributed by atoms with Crippen LogP contribution in [0.25, 0.3) is 11.0 Å². The Kier molecular flexibility index (Phi) is 3.68. The van der Waals surface area contributed by atoms with Crippen molar-refractivity contribution < 1.29 is 5.11 Å². The van der Waals surface area contributed by atoms with Gasteiger partial charge in [-0.1, -0.05) is 24.3 Å². The van der Waals surface area contributed by atoms with Gasteiger partial charge in [0.15, 0.2) is 0 Å². The quantitative estimate of drug-likeness (QED) is 0.806. The predicted molar refractivity (Wildman–Crippen MR) is 92.8 cm³/mol. The minimum atomic E-state index is -0.284. The first-order valence-electron chi connectivity index (χ1n) is 8.12. The van der Waals surface area contributed by atoms with Gasteiger partial charge in [-0.05, 0) is 36.2 Å². The molecule has 4 rings (SSSR count). The summed E-state index contributed by atoms with van der Waals surface area (Å²) >= 11 is 0. The van der Waals surface area contributed by atoms with E-state index in [1.807, 2.05) is 42.5 Å². The molecule has 2 heterocycles. The molecule has 2 aromatic carbocycles. The Bertz CT molecular complexity index is 907. The summed E-state index contributed by atoms with van der Waals surface area (Å²) in [4.78, 5) is 6.93. The van der Waals surface area contributed by atoms with Crippen LogP contribution in [0.1, 0.15) is 17.5 Å². The first kappa shape index (κ1) is 14.7. The lowest BCUT2D eigenvalue weighted by molar-refractivity contribution is 0.198. The van der Waals surface area contributed by atoms with Gasteiger partial charge in [-0.25, -0.2) is 4.98 Å². The number of nitriles is 1. The number of anilines is 1. The number of fused-ring (bicyclic) bond motifs is 1. The van der Waals surface area contributed by atoms with Crippen molar-refractivity contribution in [1.29, 1.82) is 5.26 Å². The first-order chi connectivity index (χ1) is 11.7. The van der Waals surface area contributed by atoms with Crippen LogP contribution >= 0.6 is 0 Å². The van der Waals surface area contributed by atoms with Gasteiger partial charge in [0.05, 0.1) is 35.3 Å². The van der Waals surface area contributed by atoms with Crippen LogP contribution in [0.5, 0.6) is 0 Å². The maximum atomic E-state index is 9.86. The molecular weight excluding hydrogens is 300 g/mol. The number of hydrogen-bond acceptors (Lipinski definition) is 4. The highest BCUT2D eigenvalue weighted by Gasteiger charge is 2.25. The molecule has 120 valence electrons. The van der Waals surface area contributed by atoms with E-state index in [0.29, 0.717) is 18.7 Å². The summed E-state index contributed by atoms with van der Waals surface area (Å²) < 4.78 is 2.19. The molecule has 0 radical (unpaired) electrons. The average Bonchev–Trinajstić information content (AvgIpc) is 3.20. The van der Waals surface area contributed by atoms with Crippen molar-refractivity contribution in [2.45, 2.75) is 19.1 Å². The monoisotopic (exact) mass is 318 g/mol. The Hall–Kier alpha value is -2.84. The molecule has 0 unspecified atom stereocenters. The Morgan fingerprint density at radius 1 is 1.17 bits per heavy atom. The van der Waals surface area contributed by atoms with E-state index < -0.39 is 0 Å². The van der Waals surface area contributed by atoms with Crippen LogP contribution in [-0.2, 0) is 6.54 Å². The topological polar surface area (TPSA) is 65.1 Å². The molecule has 3 aromatic rings. The van der Waals surface area contributed by atoms with Crippen molar-refractivity contribution in [2.75, 3.05) is 18.0 Å². The van der Waals surface area contributed by atoms with Gasteiger partial charge in [-0.15, -0.1) is 0 Å². The van der Waals surface area contributed by atoms with Gasteiger partial charge in [0, 0.05) is 13.1 Å². The Morgan fingerprint density at radius 2 is 1.96 bits per heavy atom. The van der Waals surface area contributed by atoms with Crippen LogP contribution in [0.2, 0.25) is 0 Å². The van der Waals surface area contributed by atoms with E-state index in [4.69, 9.17) is 10.2 Å². The maximum absolute atomic E-state index is 9.86. The lowest BCUT2D eigenvalue weighted by atomic mass is 10.1. The predicted octanol–water partition coefficient (Wildman–Crippen LogP) is 2.53. The zero-order valence-corrected chi connectivity index (χ0v) is 13.3. The zero-order valence-electron chi connectivity index (χ0n) is 13.3. The third-order valence-electron chi connectivity index (χ3n) is 4.50. The Morgan fingerprint density at radius 3 is 2.67 bits per heavy atom. The number of nitrogens with zero attached hydrogens (tertiary/aromatic N) is 4. The number of imidazole rings is 1. The summed E-state index contributed by atoms with van der Waals surface area (Å²) in [5.41, 5.74) is 3.83. The minimum Gasteiger partial charge on any atom is -0.391 e.